The van der Waals surface area contributed by atoms with Crippen LogP contribution in [0.3, 0.4) is 0 Å². The molecule has 0 amide bonds. The largest absolute Gasteiger partial charge is 0.496 e. The predicted molar refractivity (Wildman–Crippen MR) is 134 cm³/mol. The van der Waals surface area contributed by atoms with Gasteiger partial charge in [0.25, 0.3) is 0 Å². The van der Waals surface area contributed by atoms with Crippen molar-refractivity contribution in [1.29, 1.82) is 0 Å². The van der Waals surface area contributed by atoms with Crippen molar-refractivity contribution in [2.24, 2.45) is 0 Å². The fraction of sp³-hybridized carbons (Fsp3) is 0.231. The molecular weight excluding hydrogens is 488 g/mol. The molecule has 0 saturated carbocycles. The molecule has 4 aromatic rings. The molecule has 6 nitrogen and oxygen atoms in total. The second-order valence-electron chi connectivity index (χ2n) is 7.27. The van der Waals surface area contributed by atoms with Gasteiger partial charge in [0, 0.05) is 10.8 Å². The molecule has 0 heterocycles. The molecule has 0 aromatic heterocycles. The van der Waals surface area contributed by atoms with Gasteiger partial charge in [0.2, 0.25) is 0 Å². The number of fused-ring (bicyclic) bond motifs is 2. The Bertz CT molecular complexity index is 1350. The van der Waals surface area contributed by atoms with Crippen molar-refractivity contribution in [3.63, 3.8) is 0 Å². The fourth-order valence-corrected chi connectivity index (χ4v) is 4.75. The van der Waals surface area contributed by atoms with Crippen molar-refractivity contribution < 1.29 is 28.4 Å². The van der Waals surface area contributed by atoms with Gasteiger partial charge in [-0.3, -0.25) is 0 Å². The second-order valence-corrected chi connectivity index (χ2v) is 8.12. The molecule has 0 radical (unpaired) electrons. The minimum Gasteiger partial charge on any atom is -0.496 e. The van der Waals surface area contributed by atoms with Gasteiger partial charge in [-0.1, -0.05) is 0 Å². The lowest BCUT2D eigenvalue weighted by Crippen LogP contribution is -1.96. The van der Waals surface area contributed by atoms with E-state index in [2.05, 4.69) is 28.1 Å². The van der Waals surface area contributed by atoms with Crippen molar-refractivity contribution in [3.05, 3.63) is 46.9 Å². The summed E-state index contributed by atoms with van der Waals surface area (Å²) < 4.78 is 34.9. The third-order valence-corrected chi connectivity index (χ3v) is 6.30. The third kappa shape index (κ3) is 3.76. The van der Waals surface area contributed by atoms with E-state index >= 15 is 0 Å². The summed E-state index contributed by atoms with van der Waals surface area (Å²) in [7, 11) is 9.84. The first-order valence-electron chi connectivity index (χ1n) is 10.2. The summed E-state index contributed by atoms with van der Waals surface area (Å²) in [6.45, 7) is 0. The van der Waals surface area contributed by atoms with Crippen molar-refractivity contribution in [3.8, 4) is 45.6 Å². The first-order chi connectivity index (χ1) is 16.0. The zero-order chi connectivity index (χ0) is 23.7. The molecule has 7 heteroatoms. The molecule has 0 aliphatic carbocycles. The van der Waals surface area contributed by atoms with Gasteiger partial charge in [-0.25, -0.2) is 0 Å². The summed E-state index contributed by atoms with van der Waals surface area (Å²) >= 11 is 3.57. The van der Waals surface area contributed by atoms with Crippen LogP contribution in [0, 0.1) is 0 Å². The molecule has 0 spiro atoms. The van der Waals surface area contributed by atoms with Crippen LogP contribution >= 0.6 is 15.9 Å². The maximum absolute atomic E-state index is 5.78. The van der Waals surface area contributed by atoms with Crippen LogP contribution in [0.15, 0.2) is 46.9 Å². The first kappa shape index (κ1) is 22.9. The third-order valence-electron chi connectivity index (χ3n) is 5.71. The van der Waals surface area contributed by atoms with Gasteiger partial charge in [0.15, 0.2) is 0 Å². The SMILES string of the molecule is COc1ccc(OC)c2c(OC)cc(-c3cc(OC)c4c(OC)c(Br)cc(OC)c4c3)cc12. The summed E-state index contributed by atoms with van der Waals surface area (Å²) in [4.78, 5) is 0. The molecule has 33 heavy (non-hydrogen) atoms. The Balaban J connectivity index is 2.09. The number of benzene rings is 4. The topological polar surface area (TPSA) is 55.4 Å². The highest BCUT2D eigenvalue weighted by molar-refractivity contribution is 9.10. The van der Waals surface area contributed by atoms with Crippen molar-refractivity contribution in [2.75, 3.05) is 42.7 Å². The van der Waals surface area contributed by atoms with E-state index in [9.17, 15) is 0 Å². The minimum atomic E-state index is 0.663. The Kier molecular flexibility index (Phi) is 6.42. The van der Waals surface area contributed by atoms with E-state index < -0.39 is 0 Å². The average Bonchev–Trinajstić information content (AvgIpc) is 2.86. The maximum atomic E-state index is 5.78. The van der Waals surface area contributed by atoms with Crippen molar-refractivity contribution >= 4 is 37.5 Å². The normalized spacial score (nSPS) is 10.9. The van der Waals surface area contributed by atoms with Gasteiger partial charge in [-0.15, -0.1) is 0 Å². The van der Waals surface area contributed by atoms with Gasteiger partial charge >= 0.3 is 0 Å². The molecule has 0 atom stereocenters. The highest BCUT2D eigenvalue weighted by Gasteiger charge is 2.20. The Labute approximate surface area is 201 Å². The molecule has 0 N–H and O–H groups in total. The molecule has 172 valence electrons. The Hall–Kier alpha value is -3.32. The van der Waals surface area contributed by atoms with Gasteiger partial charge in [0.05, 0.1) is 57.9 Å². The highest BCUT2D eigenvalue weighted by Crippen LogP contribution is 2.48. The lowest BCUT2D eigenvalue weighted by Gasteiger charge is -2.18. The summed E-state index contributed by atoms with van der Waals surface area (Å²) in [6.07, 6.45) is 0. The van der Waals surface area contributed by atoms with Crippen molar-refractivity contribution in [1.82, 2.24) is 0 Å². The molecular formula is C26H25BrO6. The standard InChI is InChI=1S/C26H25BrO6/c1-28-19-7-8-20(29-2)24-16(19)9-14(11-22(24)31-4)15-10-17-21(30-3)13-18(27)26(33-6)25(17)23(12-15)32-5/h7-13H,1-6H3. The van der Waals surface area contributed by atoms with Gasteiger partial charge in [0.1, 0.15) is 34.5 Å². The first-order valence-corrected chi connectivity index (χ1v) is 11.0. The van der Waals surface area contributed by atoms with Crippen LogP contribution in [0.1, 0.15) is 0 Å². The van der Waals surface area contributed by atoms with Gasteiger partial charge < -0.3 is 28.4 Å². The second kappa shape index (κ2) is 9.27. The molecule has 4 rings (SSSR count). The molecule has 4 aromatic carbocycles. The number of ether oxygens (including phenoxy) is 6. The molecule has 0 aliphatic rings. The predicted octanol–water partition coefficient (Wildman–Crippen LogP) is 6.47. The quantitative estimate of drug-likeness (QED) is 0.282. The van der Waals surface area contributed by atoms with E-state index in [-0.39, 0.29) is 0 Å². The van der Waals surface area contributed by atoms with E-state index in [0.29, 0.717) is 28.7 Å². The highest BCUT2D eigenvalue weighted by atomic mass is 79.9. The zero-order valence-corrected chi connectivity index (χ0v) is 21.0. The fourth-order valence-electron chi connectivity index (χ4n) is 4.18. The number of halogens is 1. The summed E-state index contributed by atoms with van der Waals surface area (Å²) in [6, 6.07) is 13.7. The number of rotatable bonds is 7. The minimum absolute atomic E-state index is 0.663. The van der Waals surface area contributed by atoms with E-state index in [1.54, 1.807) is 42.7 Å². The van der Waals surface area contributed by atoms with Crippen LogP contribution in [0.4, 0.5) is 0 Å². The Morgan fingerprint density at radius 2 is 0.970 bits per heavy atom. The zero-order valence-electron chi connectivity index (χ0n) is 19.4. The average molecular weight is 513 g/mol. The summed E-state index contributed by atoms with van der Waals surface area (Å²) in [5, 5.41) is 3.41. The summed E-state index contributed by atoms with van der Waals surface area (Å²) in [5.41, 5.74) is 1.85. The van der Waals surface area contributed by atoms with Crippen LogP contribution in [0.5, 0.6) is 34.5 Å². The van der Waals surface area contributed by atoms with Crippen LogP contribution in [-0.2, 0) is 0 Å². The summed E-state index contributed by atoms with van der Waals surface area (Å²) in [5.74, 6) is 4.15. The Morgan fingerprint density at radius 1 is 0.485 bits per heavy atom. The number of hydrogen-bond donors (Lipinski definition) is 0. The molecule has 0 unspecified atom stereocenters. The molecule has 0 fully saturated rings. The van der Waals surface area contributed by atoms with Crippen LogP contribution in [0.25, 0.3) is 32.7 Å². The smallest absolute Gasteiger partial charge is 0.144 e. The van der Waals surface area contributed by atoms with E-state index in [4.69, 9.17) is 28.4 Å². The Morgan fingerprint density at radius 3 is 1.48 bits per heavy atom. The van der Waals surface area contributed by atoms with E-state index in [1.807, 2.05) is 30.3 Å². The molecule has 0 saturated heterocycles. The van der Waals surface area contributed by atoms with Gasteiger partial charge in [-0.05, 0) is 69.5 Å². The lowest BCUT2D eigenvalue weighted by atomic mass is 9.96. The number of hydrogen-bond acceptors (Lipinski definition) is 6. The maximum Gasteiger partial charge on any atom is 0.144 e. The van der Waals surface area contributed by atoms with Gasteiger partial charge in [-0.2, -0.15) is 0 Å². The van der Waals surface area contributed by atoms with E-state index in [0.717, 1.165) is 42.9 Å². The van der Waals surface area contributed by atoms with E-state index in [1.165, 1.54) is 0 Å². The van der Waals surface area contributed by atoms with Crippen molar-refractivity contribution in [2.45, 2.75) is 0 Å². The van der Waals surface area contributed by atoms with Crippen LogP contribution < -0.4 is 28.4 Å². The lowest BCUT2D eigenvalue weighted by molar-refractivity contribution is 0.398. The number of methoxy groups -OCH3 is 6. The van der Waals surface area contributed by atoms with Crippen LogP contribution in [-0.4, -0.2) is 42.7 Å². The molecule has 0 bridgehead atoms. The molecule has 0 aliphatic heterocycles. The van der Waals surface area contributed by atoms with Crippen LogP contribution in [0.2, 0.25) is 0 Å². The monoisotopic (exact) mass is 512 g/mol.